The Bertz CT molecular complexity index is 353. The van der Waals surface area contributed by atoms with Crippen molar-refractivity contribution in [3.05, 3.63) is 16.6 Å². The third-order valence-electron chi connectivity index (χ3n) is 1.69. The van der Waals surface area contributed by atoms with Crippen LogP contribution in [-0.4, -0.2) is 13.2 Å². The Morgan fingerprint density at radius 2 is 2.31 bits per heavy atom. The number of nitrogens with one attached hydrogen (secondary N) is 1. The first-order valence-electron chi connectivity index (χ1n) is 3.61. The molecule has 1 aliphatic rings. The van der Waals surface area contributed by atoms with E-state index in [4.69, 9.17) is 9.47 Å². The molecular formula is C8H6BrNO3. The average molecular weight is 244 g/mol. The number of anilines is 1. The first-order chi connectivity index (χ1) is 6.33. The van der Waals surface area contributed by atoms with E-state index in [9.17, 15) is 4.79 Å². The molecule has 68 valence electrons. The van der Waals surface area contributed by atoms with Crippen molar-refractivity contribution in [2.75, 3.05) is 12.1 Å². The van der Waals surface area contributed by atoms with Crippen molar-refractivity contribution in [3.63, 3.8) is 0 Å². The molecule has 0 fully saturated rings. The molecule has 1 heterocycles. The Kier molecular flexibility index (Phi) is 2.10. The summed E-state index contributed by atoms with van der Waals surface area (Å²) in [5.41, 5.74) is 0.602. The zero-order chi connectivity index (χ0) is 9.26. The number of hydrogen-bond acceptors (Lipinski definition) is 3. The van der Waals surface area contributed by atoms with Crippen LogP contribution in [0.4, 0.5) is 5.69 Å². The zero-order valence-electron chi connectivity index (χ0n) is 6.54. The summed E-state index contributed by atoms with van der Waals surface area (Å²) in [6.45, 7) is 0.194. The van der Waals surface area contributed by atoms with Crippen LogP contribution in [0.15, 0.2) is 16.6 Å². The highest BCUT2D eigenvalue weighted by molar-refractivity contribution is 9.10. The van der Waals surface area contributed by atoms with Crippen molar-refractivity contribution in [1.82, 2.24) is 0 Å². The van der Waals surface area contributed by atoms with Crippen molar-refractivity contribution >= 4 is 28.0 Å². The minimum atomic E-state index is 0.194. The minimum absolute atomic E-state index is 0.194. The molecule has 0 spiro atoms. The monoisotopic (exact) mass is 243 g/mol. The summed E-state index contributed by atoms with van der Waals surface area (Å²) in [4.78, 5) is 10.3. The van der Waals surface area contributed by atoms with E-state index in [0.717, 1.165) is 4.47 Å². The van der Waals surface area contributed by atoms with E-state index in [-0.39, 0.29) is 6.79 Å². The molecule has 5 heteroatoms. The van der Waals surface area contributed by atoms with E-state index in [1.54, 1.807) is 12.1 Å². The zero-order valence-corrected chi connectivity index (χ0v) is 8.13. The molecule has 0 radical (unpaired) electrons. The van der Waals surface area contributed by atoms with E-state index in [1.165, 1.54) is 0 Å². The summed E-state index contributed by atoms with van der Waals surface area (Å²) >= 11 is 3.29. The van der Waals surface area contributed by atoms with Crippen LogP contribution in [0.3, 0.4) is 0 Å². The van der Waals surface area contributed by atoms with Crippen LogP contribution < -0.4 is 14.8 Å². The highest BCUT2D eigenvalue weighted by Gasteiger charge is 2.19. The summed E-state index contributed by atoms with van der Waals surface area (Å²) < 4.78 is 11.1. The fraction of sp³-hybridized carbons (Fsp3) is 0.125. The average Bonchev–Trinajstić information content (AvgIpc) is 2.58. The van der Waals surface area contributed by atoms with E-state index < -0.39 is 0 Å². The predicted octanol–water partition coefficient (Wildman–Crippen LogP) is 1.75. The molecule has 0 unspecified atom stereocenters. The number of rotatable bonds is 2. The van der Waals surface area contributed by atoms with Gasteiger partial charge in [0, 0.05) is 4.47 Å². The van der Waals surface area contributed by atoms with Gasteiger partial charge < -0.3 is 14.8 Å². The first-order valence-corrected chi connectivity index (χ1v) is 4.40. The lowest BCUT2D eigenvalue weighted by Crippen LogP contribution is -1.97. The van der Waals surface area contributed by atoms with Gasteiger partial charge >= 0.3 is 0 Å². The molecule has 0 bridgehead atoms. The summed E-state index contributed by atoms with van der Waals surface area (Å²) in [6.07, 6.45) is 0.599. The molecule has 0 aromatic heterocycles. The normalized spacial score (nSPS) is 12.7. The lowest BCUT2D eigenvalue weighted by molar-refractivity contribution is -0.105. The number of halogens is 1. The number of ether oxygens (including phenoxy) is 2. The maximum Gasteiger partial charge on any atom is 0.231 e. The Labute approximate surface area is 83.0 Å². The standard InChI is InChI=1S/C8H6BrNO3/c9-5-1-2-6-8(13-4-12-6)7(5)10-3-11/h1-3H,4H2,(H,10,11). The Balaban J connectivity index is 2.51. The quantitative estimate of drug-likeness (QED) is 0.806. The Morgan fingerprint density at radius 1 is 1.46 bits per heavy atom. The largest absolute Gasteiger partial charge is 0.454 e. The molecule has 4 nitrogen and oxygen atoms in total. The smallest absolute Gasteiger partial charge is 0.231 e. The molecule has 13 heavy (non-hydrogen) atoms. The molecule has 0 saturated carbocycles. The molecule has 1 aromatic rings. The molecule has 1 aliphatic heterocycles. The summed E-state index contributed by atoms with van der Waals surface area (Å²) in [7, 11) is 0. The molecule has 2 rings (SSSR count). The number of carbonyl (C=O) groups excluding carboxylic acids is 1. The van der Waals surface area contributed by atoms with Gasteiger partial charge in [-0.1, -0.05) is 0 Å². The van der Waals surface area contributed by atoms with E-state index in [1.807, 2.05) is 0 Å². The minimum Gasteiger partial charge on any atom is -0.454 e. The van der Waals surface area contributed by atoms with Gasteiger partial charge in [0.15, 0.2) is 11.5 Å². The molecule has 1 N–H and O–H groups in total. The fourth-order valence-corrected chi connectivity index (χ4v) is 1.57. The first kappa shape index (κ1) is 8.37. The maximum absolute atomic E-state index is 10.3. The SMILES string of the molecule is O=CNc1c(Br)ccc2c1OCO2. The van der Waals surface area contributed by atoms with Crippen LogP contribution >= 0.6 is 15.9 Å². The van der Waals surface area contributed by atoms with E-state index in [2.05, 4.69) is 21.2 Å². The molecule has 1 amide bonds. The lowest BCUT2D eigenvalue weighted by Gasteiger charge is -2.05. The number of carbonyl (C=O) groups is 1. The van der Waals surface area contributed by atoms with Gasteiger partial charge in [-0.3, -0.25) is 4.79 Å². The highest BCUT2D eigenvalue weighted by atomic mass is 79.9. The second-order valence-electron chi connectivity index (χ2n) is 2.42. The van der Waals surface area contributed by atoms with Crippen molar-refractivity contribution < 1.29 is 14.3 Å². The van der Waals surface area contributed by atoms with Crippen molar-refractivity contribution in [2.24, 2.45) is 0 Å². The Morgan fingerprint density at radius 3 is 3.08 bits per heavy atom. The van der Waals surface area contributed by atoms with Crippen LogP contribution in [-0.2, 0) is 4.79 Å². The van der Waals surface area contributed by atoms with Gasteiger partial charge in [-0.05, 0) is 28.1 Å². The fourth-order valence-electron chi connectivity index (χ4n) is 1.14. The maximum atomic E-state index is 10.3. The second kappa shape index (κ2) is 3.26. The predicted molar refractivity (Wildman–Crippen MR) is 50.0 cm³/mol. The van der Waals surface area contributed by atoms with Crippen molar-refractivity contribution in [1.29, 1.82) is 0 Å². The summed E-state index contributed by atoms with van der Waals surface area (Å²) in [5.74, 6) is 1.22. The highest BCUT2D eigenvalue weighted by Crippen LogP contribution is 2.43. The molecule has 0 atom stereocenters. The number of fused-ring (bicyclic) bond motifs is 1. The van der Waals surface area contributed by atoms with Crippen LogP contribution in [0.2, 0.25) is 0 Å². The van der Waals surface area contributed by atoms with Crippen molar-refractivity contribution in [3.8, 4) is 11.5 Å². The van der Waals surface area contributed by atoms with Gasteiger partial charge in [-0.15, -0.1) is 0 Å². The molecule has 1 aromatic carbocycles. The van der Waals surface area contributed by atoms with Crippen LogP contribution in [0, 0.1) is 0 Å². The van der Waals surface area contributed by atoms with Gasteiger partial charge in [-0.25, -0.2) is 0 Å². The van der Waals surface area contributed by atoms with Crippen molar-refractivity contribution in [2.45, 2.75) is 0 Å². The van der Waals surface area contributed by atoms with E-state index in [0.29, 0.717) is 23.6 Å². The third-order valence-corrected chi connectivity index (χ3v) is 2.35. The van der Waals surface area contributed by atoms with Gasteiger partial charge in [-0.2, -0.15) is 0 Å². The number of benzene rings is 1. The van der Waals surface area contributed by atoms with Gasteiger partial charge in [0.25, 0.3) is 0 Å². The lowest BCUT2D eigenvalue weighted by atomic mass is 10.3. The summed E-state index contributed by atoms with van der Waals surface area (Å²) in [6, 6.07) is 3.57. The third kappa shape index (κ3) is 1.35. The van der Waals surface area contributed by atoms with Gasteiger partial charge in [0.1, 0.15) is 5.69 Å². The molecular weight excluding hydrogens is 238 g/mol. The van der Waals surface area contributed by atoms with Crippen LogP contribution in [0.5, 0.6) is 11.5 Å². The van der Waals surface area contributed by atoms with Crippen LogP contribution in [0.1, 0.15) is 0 Å². The van der Waals surface area contributed by atoms with Gasteiger partial charge in [0.05, 0.1) is 0 Å². The second-order valence-corrected chi connectivity index (χ2v) is 3.27. The molecule has 0 aliphatic carbocycles. The van der Waals surface area contributed by atoms with E-state index >= 15 is 0 Å². The van der Waals surface area contributed by atoms with Gasteiger partial charge in [0.2, 0.25) is 13.2 Å². The molecule has 0 saturated heterocycles. The number of hydrogen-bond donors (Lipinski definition) is 1. The number of amides is 1. The topological polar surface area (TPSA) is 47.6 Å². The van der Waals surface area contributed by atoms with Crippen LogP contribution in [0.25, 0.3) is 0 Å². The summed E-state index contributed by atoms with van der Waals surface area (Å²) in [5, 5.41) is 2.54. The Hall–Kier alpha value is -1.23.